The molecule has 0 aliphatic carbocycles. The Morgan fingerprint density at radius 2 is 2.22 bits per heavy atom. The molecule has 9 heavy (non-hydrogen) atoms. The van der Waals surface area contributed by atoms with E-state index in [4.69, 9.17) is 9.79 Å². The van der Waals surface area contributed by atoms with Crippen molar-refractivity contribution < 1.29 is 14.6 Å². The highest BCUT2D eigenvalue weighted by molar-refractivity contribution is 7.42. The number of hydrazine groups is 1. The molecule has 52 valence electrons. The third-order valence-electron chi connectivity index (χ3n) is 0.464. The van der Waals surface area contributed by atoms with Crippen LogP contribution in [0.3, 0.4) is 0 Å². The molecule has 4 N–H and O–H groups in total. The van der Waals surface area contributed by atoms with Gasteiger partial charge in [-0.05, 0) is 6.08 Å². The number of carbonyl (C=O) groups excluding carboxylic acids is 1. The molecule has 0 fully saturated rings. The number of hydrogen-bond acceptors (Lipinski definition) is 4. The Morgan fingerprint density at radius 3 is 2.56 bits per heavy atom. The first kappa shape index (κ1) is 8.52. The molecule has 0 aromatic rings. The summed E-state index contributed by atoms with van der Waals surface area (Å²) in [5.74, 6) is -0.509. The molecule has 0 aromatic carbocycles. The molecule has 0 heterocycles. The summed E-state index contributed by atoms with van der Waals surface area (Å²) in [6.07, 6.45) is 1.01. The largest absolute Gasteiger partial charge is 0.337 e. The maximum Gasteiger partial charge on any atom is 0.269 e. The van der Waals surface area contributed by atoms with Crippen molar-refractivity contribution in [3.05, 3.63) is 12.7 Å². The second kappa shape index (κ2) is 4.40. The first-order valence-corrected chi connectivity index (χ1v) is 3.27. The van der Waals surface area contributed by atoms with E-state index in [1.807, 2.05) is 10.6 Å². The SMILES string of the molecule is C=CC(=O)NNP(O)O. The van der Waals surface area contributed by atoms with Gasteiger partial charge in [0.2, 0.25) is 0 Å². The first-order chi connectivity index (χ1) is 4.16. The highest BCUT2D eigenvalue weighted by Gasteiger charge is 1.96. The van der Waals surface area contributed by atoms with Gasteiger partial charge < -0.3 is 9.79 Å². The van der Waals surface area contributed by atoms with Gasteiger partial charge in [-0.1, -0.05) is 6.58 Å². The van der Waals surface area contributed by atoms with Crippen molar-refractivity contribution in [1.29, 1.82) is 0 Å². The number of amides is 1. The van der Waals surface area contributed by atoms with Gasteiger partial charge in [0, 0.05) is 0 Å². The average Bonchev–Trinajstić information content (AvgIpc) is 1.83. The summed E-state index contributed by atoms with van der Waals surface area (Å²) in [6.45, 7) is 3.13. The zero-order valence-electron chi connectivity index (χ0n) is 4.53. The minimum absolute atomic E-state index is 0.509. The predicted molar refractivity (Wildman–Crippen MR) is 32.8 cm³/mol. The molecular formula is C3H7N2O3P. The van der Waals surface area contributed by atoms with E-state index in [0.29, 0.717) is 0 Å². The number of carbonyl (C=O) groups is 1. The topological polar surface area (TPSA) is 81.6 Å². The Labute approximate surface area is 53.3 Å². The van der Waals surface area contributed by atoms with Crippen LogP contribution in [-0.2, 0) is 4.79 Å². The maximum absolute atomic E-state index is 10.2. The van der Waals surface area contributed by atoms with Crippen molar-refractivity contribution in [1.82, 2.24) is 10.6 Å². The smallest absolute Gasteiger partial charge is 0.269 e. The van der Waals surface area contributed by atoms with Gasteiger partial charge in [-0.15, -0.1) is 0 Å². The Morgan fingerprint density at radius 1 is 1.67 bits per heavy atom. The standard InChI is InChI=1S/C3H7N2O3P/c1-2-3(6)4-5-9(7)8/h2,5,7-8H,1H2,(H,4,6). The van der Waals surface area contributed by atoms with Crippen LogP contribution in [0, 0.1) is 0 Å². The van der Waals surface area contributed by atoms with E-state index in [1.54, 1.807) is 0 Å². The molecule has 1 amide bonds. The molecule has 0 rings (SSSR count). The predicted octanol–water partition coefficient (Wildman–Crippen LogP) is -0.995. The van der Waals surface area contributed by atoms with Crippen LogP contribution in [-0.4, -0.2) is 15.7 Å². The van der Waals surface area contributed by atoms with Gasteiger partial charge in [-0.2, -0.15) is 5.20 Å². The highest BCUT2D eigenvalue weighted by atomic mass is 31.2. The van der Waals surface area contributed by atoms with Crippen LogP contribution in [0.2, 0.25) is 0 Å². The van der Waals surface area contributed by atoms with Crippen molar-refractivity contribution in [2.24, 2.45) is 0 Å². The average molecular weight is 150 g/mol. The normalized spacial score (nSPS) is 9.22. The van der Waals surface area contributed by atoms with Crippen molar-refractivity contribution in [2.75, 3.05) is 0 Å². The Hall–Kier alpha value is -0.480. The number of hydrogen-bond donors (Lipinski definition) is 4. The van der Waals surface area contributed by atoms with Gasteiger partial charge in [0.1, 0.15) is 0 Å². The molecule has 6 heteroatoms. The van der Waals surface area contributed by atoms with E-state index in [2.05, 4.69) is 6.58 Å². The molecule has 5 nitrogen and oxygen atoms in total. The molecule has 0 aliphatic heterocycles. The van der Waals surface area contributed by atoms with Crippen molar-refractivity contribution >= 4 is 14.4 Å². The van der Waals surface area contributed by atoms with Crippen LogP contribution in [0.25, 0.3) is 0 Å². The van der Waals surface area contributed by atoms with E-state index < -0.39 is 14.4 Å². The van der Waals surface area contributed by atoms with Crippen LogP contribution in [0.15, 0.2) is 12.7 Å². The summed E-state index contributed by atoms with van der Waals surface area (Å²) in [5.41, 5.74) is 1.95. The lowest BCUT2D eigenvalue weighted by Crippen LogP contribution is -2.31. The molecule has 0 bridgehead atoms. The van der Waals surface area contributed by atoms with Crippen LogP contribution >= 0.6 is 8.53 Å². The van der Waals surface area contributed by atoms with Crippen molar-refractivity contribution in [2.45, 2.75) is 0 Å². The highest BCUT2D eigenvalue weighted by Crippen LogP contribution is 2.12. The van der Waals surface area contributed by atoms with E-state index in [0.717, 1.165) is 6.08 Å². The number of nitrogens with one attached hydrogen (secondary N) is 2. The van der Waals surface area contributed by atoms with E-state index in [-0.39, 0.29) is 0 Å². The molecule has 0 saturated heterocycles. The van der Waals surface area contributed by atoms with Crippen molar-refractivity contribution in [3.8, 4) is 0 Å². The Bertz CT molecular complexity index is 116. The Kier molecular flexibility index (Phi) is 4.17. The van der Waals surface area contributed by atoms with Crippen LogP contribution < -0.4 is 10.6 Å². The minimum Gasteiger partial charge on any atom is -0.337 e. The van der Waals surface area contributed by atoms with Gasteiger partial charge in [-0.3, -0.25) is 10.2 Å². The lowest BCUT2D eigenvalue weighted by molar-refractivity contribution is -0.117. The monoisotopic (exact) mass is 150 g/mol. The maximum atomic E-state index is 10.2. The third kappa shape index (κ3) is 5.39. The van der Waals surface area contributed by atoms with Gasteiger partial charge in [0.05, 0.1) is 0 Å². The number of rotatable bonds is 3. The quantitative estimate of drug-likeness (QED) is 0.236. The van der Waals surface area contributed by atoms with Crippen LogP contribution in [0.1, 0.15) is 0 Å². The zero-order chi connectivity index (χ0) is 7.28. The molecule has 0 aliphatic rings. The summed E-state index contributed by atoms with van der Waals surface area (Å²) < 4.78 is 0. The summed E-state index contributed by atoms with van der Waals surface area (Å²) in [6, 6.07) is 0. The summed E-state index contributed by atoms with van der Waals surface area (Å²) >= 11 is 0. The first-order valence-electron chi connectivity index (χ1n) is 2.02. The minimum atomic E-state index is -2.27. The fourth-order valence-corrected chi connectivity index (χ4v) is 0.366. The molecule has 0 unspecified atom stereocenters. The fourth-order valence-electron chi connectivity index (χ4n) is 0.156. The van der Waals surface area contributed by atoms with Crippen molar-refractivity contribution in [3.63, 3.8) is 0 Å². The van der Waals surface area contributed by atoms with E-state index in [9.17, 15) is 4.79 Å². The second-order valence-electron chi connectivity index (χ2n) is 1.09. The molecule has 0 aromatic heterocycles. The summed E-state index contributed by atoms with van der Waals surface area (Å²) in [4.78, 5) is 26.5. The van der Waals surface area contributed by atoms with E-state index in [1.165, 1.54) is 0 Å². The lowest BCUT2D eigenvalue weighted by atomic mass is 10.6. The lowest BCUT2D eigenvalue weighted by Gasteiger charge is -2.02. The van der Waals surface area contributed by atoms with Gasteiger partial charge in [0.25, 0.3) is 14.4 Å². The zero-order valence-corrected chi connectivity index (χ0v) is 5.43. The van der Waals surface area contributed by atoms with Gasteiger partial charge in [-0.25, -0.2) is 0 Å². The fraction of sp³-hybridized carbons (Fsp3) is 0. The molecule has 0 radical (unpaired) electrons. The van der Waals surface area contributed by atoms with Gasteiger partial charge in [0.15, 0.2) is 0 Å². The Balaban J connectivity index is 3.27. The summed E-state index contributed by atoms with van der Waals surface area (Å²) in [7, 11) is -2.27. The molecule has 0 atom stereocenters. The summed E-state index contributed by atoms with van der Waals surface area (Å²) in [5, 5.41) is 1.90. The van der Waals surface area contributed by atoms with Crippen LogP contribution in [0.4, 0.5) is 0 Å². The third-order valence-corrected chi connectivity index (χ3v) is 0.776. The van der Waals surface area contributed by atoms with Crippen LogP contribution in [0.5, 0.6) is 0 Å². The molecule has 0 spiro atoms. The van der Waals surface area contributed by atoms with E-state index >= 15 is 0 Å². The second-order valence-corrected chi connectivity index (χ2v) is 1.90. The molecule has 0 saturated carbocycles. The molecular weight excluding hydrogens is 143 g/mol. The van der Waals surface area contributed by atoms with Gasteiger partial charge >= 0.3 is 0 Å².